The Hall–Kier alpha value is -3.81. The van der Waals surface area contributed by atoms with E-state index in [1.54, 1.807) is 18.2 Å². The van der Waals surface area contributed by atoms with Gasteiger partial charge in [-0.1, -0.05) is 30.3 Å². The molecule has 0 aliphatic carbocycles. The van der Waals surface area contributed by atoms with E-state index >= 15 is 0 Å². The van der Waals surface area contributed by atoms with Crippen molar-refractivity contribution in [3.63, 3.8) is 0 Å². The van der Waals surface area contributed by atoms with Crippen LogP contribution in [0.2, 0.25) is 0 Å². The fourth-order valence-electron chi connectivity index (χ4n) is 2.70. The molecule has 0 aliphatic heterocycles. The van der Waals surface area contributed by atoms with E-state index < -0.39 is 21.0 Å². The first kappa shape index (κ1) is 17.0. The molecule has 0 unspecified atom stereocenters. The van der Waals surface area contributed by atoms with Crippen molar-refractivity contribution in [3.8, 4) is 11.3 Å². The number of nitrogens with zero attached hydrogens (tertiary/aromatic N) is 2. The zero-order valence-electron chi connectivity index (χ0n) is 13.4. The molecule has 0 saturated carbocycles. The van der Waals surface area contributed by atoms with Gasteiger partial charge in [-0.2, -0.15) is 0 Å². The number of hydrogen-bond donors (Lipinski definition) is 0. The number of nitro groups is 2. The molecule has 26 heavy (non-hydrogen) atoms. The van der Waals surface area contributed by atoms with Crippen molar-refractivity contribution < 1.29 is 14.3 Å². The second-order valence-electron chi connectivity index (χ2n) is 5.46. The molecule has 130 valence electrons. The lowest BCUT2D eigenvalue weighted by Crippen LogP contribution is -2.11. The summed E-state index contributed by atoms with van der Waals surface area (Å²) in [4.78, 5) is 33.7. The largest absolute Gasteiger partial charge is 0.448 e. The predicted molar refractivity (Wildman–Crippen MR) is 95.1 cm³/mol. The zero-order chi connectivity index (χ0) is 18.8. The lowest BCUT2D eigenvalue weighted by molar-refractivity contribution is -0.386. The maximum atomic E-state index is 12.7. The molecule has 0 aliphatic rings. The lowest BCUT2D eigenvalue weighted by atomic mass is 10.0. The van der Waals surface area contributed by atoms with E-state index in [0.717, 1.165) is 6.07 Å². The van der Waals surface area contributed by atoms with E-state index in [2.05, 4.69) is 6.58 Å². The smallest absolute Gasteiger partial charge is 0.359 e. The van der Waals surface area contributed by atoms with E-state index in [0.29, 0.717) is 12.0 Å². The summed E-state index contributed by atoms with van der Waals surface area (Å²) in [6, 6.07) is 9.94. The average molecular weight is 352 g/mol. The minimum Gasteiger partial charge on any atom is -0.448 e. The summed E-state index contributed by atoms with van der Waals surface area (Å²) < 4.78 is 5.73. The van der Waals surface area contributed by atoms with E-state index in [4.69, 9.17) is 4.42 Å². The first-order chi connectivity index (χ1) is 12.4. The van der Waals surface area contributed by atoms with Crippen LogP contribution in [0.3, 0.4) is 0 Å². The molecule has 0 bridgehead atoms. The minimum atomic E-state index is -0.834. The molecular weight excluding hydrogens is 340 g/mol. The molecule has 0 amide bonds. The Bertz CT molecular complexity index is 1120. The molecule has 3 aromatic rings. The quantitative estimate of drug-likeness (QED) is 0.389. The Morgan fingerprint density at radius 2 is 1.81 bits per heavy atom. The van der Waals surface area contributed by atoms with Crippen LogP contribution in [0.1, 0.15) is 5.56 Å². The molecule has 8 heteroatoms. The van der Waals surface area contributed by atoms with E-state index in [1.807, 2.05) is 0 Å². The van der Waals surface area contributed by atoms with Crippen molar-refractivity contribution in [1.29, 1.82) is 0 Å². The Labute approximate surface area is 146 Å². The van der Waals surface area contributed by atoms with Crippen LogP contribution in [0.5, 0.6) is 0 Å². The van der Waals surface area contributed by atoms with Crippen molar-refractivity contribution in [2.45, 2.75) is 6.42 Å². The number of rotatable bonds is 5. The molecule has 1 heterocycles. The van der Waals surface area contributed by atoms with Crippen molar-refractivity contribution in [2.75, 3.05) is 0 Å². The Morgan fingerprint density at radius 1 is 1.08 bits per heavy atom. The van der Waals surface area contributed by atoms with Gasteiger partial charge in [0, 0.05) is 17.7 Å². The van der Waals surface area contributed by atoms with Gasteiger partial charge in [-0.25, -0.2) is 0 Å². The van der Waals surface area contributed by atoms with Gasteiger partial charge in [0.25, 0.3) is 11.1 Å². The number of fused-ring (bicyclic) bond motifs is 1. The maximum Gasteiger partial charge on any atom is 0.359 e. The van der Waals surface area contributed by atoms with Crippen LogP contribution in [-0.2, 0) is 6.42 Å². The van der Waals surface area contributed by atoms with Gasteiger partial charge >= 0.3 is 5.69 Å². The highest BCUT2D eigenvalue weighted by molar-refractivity contribution is 5.86. The van der Waals surface area contributed by atoms with E-state index in [9.17, 15) is 25.0 Å². The Morgan fingerprint density at radius 3 is 2.46 bits per heavy atom. The minimum absolute atomic E-state index is 0.0743. The highest BCUT2D eigenvalue weighted by Crippen LogP contribution is 2.33. The number of nitro benzene ring substituents is 1. The number of non-ortho nitro benzene ring substituents is 1. The molecule has 0 spiro atoms. The zero-order valence-corrected chi connectivity index (χ0v) is 13.4. The first-order valence-corrected chi connectivity index (χ1v) is 7.53. The second kappa shape index (κ2) is 6.60. The molecule has 8 nitrogen and oxygen atoms in total. The van der Waals surface area contributed by atoms with Crippen LogP contribution in [0.15, 0.2) is 64.3 Å². The van der Waals surface area contributed by atoms with Gasteiger partial charge in [-0.3, -0.25) is 25.0 Å². The summed E-state index contributed by atoms with van der Waals surface area (Å²) in [6.45, 7) is 3.64. The van der Waals surface area contributed by atoms with Crippen LogP contribution in [0, 0.1) is 20.2 Å². The van der Waals surface area contributed by atoms with Crippen LogP contribution >= 0.6 is 0 Å². The highest BCUT2D eigenvalue weighted by Gasteiger charge is 2.27. The van der Waals surface area contributed by atoms with Gasteiger partial charge in [0.1, 0.15) is 5.58 Å². The number of para-hydroxylation sites is 1. The SMILES string of the molecule is C=CCc1cccc2c(=O)c([N+](=O)[O-])c(-c3cccc([N+](=O)[O-])c3)oc12. The van der Waals surface area contributed by atoms with Crippen LogP contribution in [-0.4, -0.2) is 9.85 Å². The van der Waals surface area contributed by atoms with Gasteiger partial charge in [0.05, 0.1) is 15.2 Å². The Kier molecular flexibility index (Phi) is 4.32. The average Bonchev–Trinajstić information content (AvgIpc) is 2.62. The van der Waals surface area contributed by atoms with Crippen molar-refractivity contribution in [3.05, 3.63) is 91.1 Å². The number of hydrogen-bond acceptors (Lipinski definition) is 6. The molecule has 0 fully saturated rings. The standard InChI is InChI=1S/C18H12N2O6/c1-2-5-11-6-4-9-14-16(21)15(20(24)25)18(26-17(11)14)12-7-3-8-13(10-12)19(22)23/h2-4,6-10H,1,5H2. The van der Waals surface area contributed by atoms with Crippen molar-refractivity contribution in [1.82, 2.24) is 0 Å². The fourth-order valence-corrected chi connectivity index (χ4v) is 2.70. The van der Waals surface area contributed by atoms with E-state index in [1.165, 1.54) is 24.3 Å². The van der Waals surface area contributed by atoms with Crippen molar-refractivity contribution in [2.24, 2.45) is 0 Å². The third kappa shape index (κ3) is 2.84. The summed E-state index contributed by atoms with van der Waals surface area (Å²) >= 11 is 0. The lowest BCUT2D eigenvalue weighted by Gasteiger charge is -2.07. The summed E-state index contributed by atoms with van der Waals surface area (Å²) in [5.74, 6) is -0.312. The maximum absolute atomic E-state index is 12.7. The van der Waals surface area contributed by atoms with Gasteiger partial charge in [0.2, 0.25) is 5.76 Å². The predicted octanol–water partition coefficient (Wildman–Crippen LogP) is 4.00. The summed E-state index contributed by atoms with van der Waals surface area (Å²) in [6.07, 6.45) is 2.01. The normalized spacial score (nSPS) is 10.6. The molecule has 0 atom stereocenters. The van der Waals surface area contributed by atoms with E-state index in [-0.39, 0.29) is 28.0 Å². The number of benzene rings is 2. The summed E-state index contributed by atoms with van der Waals surface area (Å²) in [5.41, 5.74) is -0.907. The third-order valence-electron chi connectivity index (χ3n) is 3.84. The van der Waals surface area contributed by atoms with Crippen LogP contribution in [0.25, 0.3) is 22.3 Å². The molecule has 0 N–H and O–H groups in total. The number of allylic oxidation sites excluding steroid dienone is 1. The Balaban J connectivity index is 2.42. The van der Waals surface area contributed by atoms with Gasteiger partial charge in [-0.15, -0.1) is 6.58 Å². The molecule has 0 radical (unpaired) electrons. The van der Waals surface area contributed by atoms with Gasteiger partial charge < -0.3 is 4.42 Å². The van der Waals surface area contributed by atoms with Crippen LogP contribution in [0.4, 0.5) is 11.4 Å². The summed E-state index contributed by atoms with van der Waals surface area (Å²) in [7, 11) is 0. The molecule has 1 aromatic heterocycles. The molecule has 0 saturated heterocycles. The fraction of sp³-hybridized carbons (Fsp3) is 0.0556. The molecule has 3 rings (SSSR count). The monoisotopic (exact) mass is 352 g/mol. The van der Waals surface area contributed by atoms with Gasteiger partial charge in [0.15, 0.2) is 0 Å². The third-order valence-corrected chi connectivity index (χ3v) is 3.84. The van der Waals surface area contributed by atoms with Crippen LogP contribution < -0.4 is 5.43 Å². The topological polar surface area (TPSA) is 116 Å². The summed E-state index contributed by atoms with van der Waals surface area (Å²) in [5, 5.41) is 22.5. The highest BCUT2D eigenvalue weighted by atomic mass is 16.6. The molecule has 2 aromatic carbocycles. The van der Waals surface area contributed by atoms with Crippen molar-refractivity contribution >= 4 is 22.3 Å². The van der Waals surface area contributed by atoms with Gasteiger partial charge in [-0.05, 0) is 18.1 Å². The first-order valence-electron chi connectivity index (χ1n) is 7.53. The second-order valence-corrected chi connectivity index (χ2v) is 5.46. The molecular formula is C18H12N2O6.